The third-order valence-electron chi connectivity index (χ3n) is 1.98. The number of benzene rings is 1. The molecule has 0 bridgehead atoms. The van der Waals surface area contributed by atoms with Crippen molar-refractivity contribution in [3.63, 3.8) is 0 Å². The molecule has 1 rings (SSSR count). The number of hydrogen-bond acceptors (Lipinski definition) is 5. The Balaban J connectivity index is 2.97. The smallest absolute Gasteiger partial charge is 0.341 e. The molecule has 0 aliphatic rings. The van der Waals surface area contributed by atoms with Crippen molar-refractivity contribution in [2.75, 3.05) is 13.7 Å². The zero-order valence-electron chi connectivity index (χ0n) is 10.4. The Hall–Kier alpha value is -1.62. The summed E-state index contributed by atoms with van der Waals surface area (Å²) < 4.78 is 11.1. The van der Waals surface area contributed by atoms with E-state index in [1.807, 2.05) is 22.6 Å². The van der Waals surface area contributed by atoms with E-state index < -0.39 is 12.6 Å². The Bertz CT molecular complexity index is 551. The topological polar surface area (TPSA) is 106 Å². The number of nitrogens with zero attached hydrogens (tertiary/aromatic N) is 1. The van der Waals surface area contributed by atoms with E-state index in [4.69, 9.17) is 20.3 Å². The van der Waals surface area contributed by atoms with Gasteiger partial charge in [-0.15, -0.1) is 0 Å². The second kappa shape index (κ2) is 7.85. The zero-order valence-corrected chi connectivity index (χ0v) is 13.4. The summed E-state index contributed by atoms with van der Waals surface area (Å²) in [6, 6.07) is 3.41. The average molecular weight is 409 g/mol. The molecule has 0 spiro atoms. The van der Waals surface area contributed by atoms with Crippen LogP contribution in [0.25, 0.3) is 0 Å². The minimum Gasteiger partial charge on any atom is -0.493 e. The van der Waals surface area contributed by atoms with Crippen molar-refractivity contribution in [3.05, 3.63) is 21.3 Å². The molecule has 108 valence electrons. The van der Waals surface area contributed by atoms with E-state index in [0.29, 0.717) is 15.1 Å². The predicted molar refractivity (Wildman–Crippen MR) is 86.4 cm³/mol. The average Bonchev–Trinajstić information content (AvgIpc) is 2.36. The number of nitrogens with one attached hydrogen (secondary N) is 1. The van der Waals surface area contributed by atoms with Gasteiger partial charge in [-0.3, -0.25) is 5.43 Å². The first-order valence-corrected chi connectivity index (χ1v) is 6.73. The fourth-order valence-electron chi connectivity index (χ4n) is 1.26. The van der Waals surface area contributed by atoms with E-state index in [1.165, 1.54) is 13.3 Å². The number of halogens is 1. The van der Waals surface area contributed by atoms with Gasteiger partial charge in [-0.1, -0.05) is 0 Å². The van der Waals surface area contributed by atoms with Gasteiger partial charge in [0.25, 0.3) is 0 Å². The first-order chi connectivity index (χ1) is 9.43. The molecule has 20 heavy (non-hydrogen) atoms. The van der Waals surface area contributed by atoms with Crippen molar-refractivity contribution in [2.24, 2.45) is 10.8 Å². The van der Waals surface area contributed by atoms with Crippen molar-refractivity contribution in [1.29, 1.82) is 0 Å². The first-order valence-electron chi connectivity index (χ1n) is 5.24. The van der Waals surface area contributed by atoms with E-state index in [9.17, 15) is 4.79 Å². The summed E-state index contributed by atoms with van der Waals surface area (Å²) in [6.07, 6.45) is 1.50. The highest BCUT2D eigenvalue weighted by atomic mass is 127. The highest BCUT2D eigenvalue weighted by Crippen LogP contribution is 2.33. The van der Waals surface area contributed by atoms with Crippen LogP contribution in [-0.4, -0.2) is 36.1 Å². The Kier molecular flexibility index (Phi) is 6.45. The van der Waals surface area contributed by atoms with Gasteiger partial charge in [-0.05, 0) is 52.5 Å². The van der Waals surface area contributed by atoms with Crippen molar-refractivity contribution in [1.82, 2.24) is 5.43 Å². The van der Waals surface area contributed by atoms with E-state index >= 15 is 0 Å². The summed E-state index contributed by atoms with van der Waals surface area (Å²) in [7, 11) is 1.47. The van der Waals surface area contributed by atoms with Crippen LogP contribution >= 0.6 is 34.8 Å². The minimum atomic E-state index is -1.06. The number of hydrogen-bond donors (Lipinski definition) is 3. The lowest BCUT2D eigenvalue weighted by Gasteiger charge is -2.12. The van der Waals surface area contributed by atoms with Gasteiger partial charge >= 0.3 is 5.97 Å². The van der Waals surface area contributed by atoms with Crippen LogP contribution in [0.1, 0.15) is 5.56 Å². The minimum absolute atomic E-state index is 0.0596. The standard InChI is InChI=1S/C11H12IN3O4S/c1-18-8-3-6(4-14-15-11(13)20)2-7(12)10(8)19-5-9(16)17/h2-4H,5H2,1H3,(H,16,17)(H3,13,15,20). The van der Waals surface area contributed by atoms with Gasteiger partial charge in [-0.2, -0.15) is 5.10 Å². The van der Waals surface area contributed by atoms with Gasteiger partial charge in [0, 0.05) is 0 Å². The fourth-order valence-corrected chi connectivity index (χ4v) is 2.09. The molecule has 0 radical (unpaired) electrons. The summed E-state index contributed by atoms with van der Waals surface area (Å²) in [4.78, 5) is 10.5. The molecule has 7 nitrogen and oxygen atoms in total. The van der Waals surface area contributed by atoms with Crippen molar-refractivity contribution >= 4 is 52.1 Å². The zero-order chi connectivity index (χ0) is 15.1. The van der Waals surface area contributed by atoms with Crippen LogP contribution in [0.3, 0.4) is 0 Å². The number of methoxy groups -OCH3 is 1. The number of aliphatic carboxylic acids is 1. The molecule has 9 heteroatoms. The summed E-state index contributed by atoms with van der Waals surface area (Å²) in [5.41, 5.74) is 8.39. The number of ether oxygens (including phenoxy) is 2. The van der Waals surface area contributed by atoms with E-state index in [1.54, 1.807) is 12.1 Å². The Morgan fingerprint density at radius 1 is 1.65 bits per heavy atom. The molecule has 0 unspecified atom stereocenters. The van der Waals surface area contributed by atoms with Crippen molar-refractivity contribution in [2.45, 2.75) is 0 Å². The molecule has 0 amide bonds. The molecule has 0 aliphatic carbocycles. The number of nitrogens with two attached hydrogens (primary N) is 1. The third-order valence-corrected chi connectivity index (χ3v) is 2.87. The number of carboxylic acid groups (broad SMARTS) is 1. The molecular formula is C11H12IN3O4S. The lowest BCUT2D eigenvalue weighted by Crippen LogP contribution is -2.24. The molecule has 0 saturated heterocycles. The molecule has 0 heterocycles. The number of hydrazone groups is 1. The molecular weight excluding hydrogens is 397 g/mol. The summed E-state index contributed by atoms with van der Waals surface area (Å²) >= 11 is 6.63. The van der Waals surface area contributed by atoms with Gasteiger partial charge in [0.2, 0.25) is 0 Å². The van der Waals surface area contributed by atoms with Gasteiger partial charge in [0.15, 0.2) is 23.2 Å². The second-order valence-corrected chi connectivity index (χ2v) is 5.05. The van der Waals surface area contributed by atoms with Crippen LogP contribution in [0.5, 0.6) is 11.5 Å². The Morgan fingerprint density at radius 2 is 2.35 bits per heavy atom. The first kappa shape index (κ1) is 16.4. The Labute approximate surface area is 134 Å². The molecule has 0 saturated carbocycles. The number of carbonyl (C=O) groups is 1. The number of rotatable bonds is 6. The van der Waals surface area contributed by atoms with Gasteiger partial charge in [0.05, 0.1) is 16.9 Å². The summed E-state index contributed by atoms with van der Waals surface area (Å²) in [5.74, 6) is -0.279. The van der Waals surface area contributed by atoms with E-state index in [-0.39, 0.29) is 5.11 Å². The maximum atomic E-state index is 10.5. The van der Waals surface area contributed by atoms with Crippen molar-refractivity contribution < 1.29 is 19.4 Å². The van der Waals surface area contributed by atoms with Crippen LogP contribution in [0, 0.1) is 3.57 Å². The van der Waals surface area contributed by atoms with Crippen LogP contribution in [0.4, 0.5) is 0 Å². The van der Waals surface area contributed by atoms with Crippen molar-refractivity contribution in [3.8, 4) is 11.5 Å². The van der Waals surface area contributed by atoms with Crippen LogP contribution in [0.2, 0.25) is 0 Å². The third kappa shape index (κ3) is 5.17. The van der Waals surface area contributed by atoms with Crippen LogP contribution < -0.4 is 20.6 Å². The largest absolute Gasteiger partial charge is 0.493 e. The highest BCUT2D eigenvalue weighted by molar-refractivity contribution is 14.1. The number of thiocarbonyl (C=S) groups is 1. The molecule has 1 aromatic carbocycles. The quantitative estimate of drug-likeness (QED) is 0.278. The molecule has 0 fully saturated rings. The monoisotopic (exact) mass is 409 g/mol. The molecule has 0 atom stereocenters. The lowest BCUT2D eigenvalue weighted by molar-refractivity contribution is -0.139. The van der Waals surface area contributed by atoms with Crippen LogP contribution in [-0.2, 0) is 4.79 Å². The van der Waals surface area contributed by atoms with E-state index in [2.05, 4.69) is 22.7 Å². The maximum Gasteiger partial charge on any atom is 0.341 e. The van der Waals surface area contributed by atoms with Gasteiger partial charge in [-0.25, -0.2) is 4.79 Å². The van der Waals surface area contributed by atoms with Gasteiger partial charge < -0.3 is 20.3 Å². The highest BCUT2D eigenvalue weighted by Gasteiger charge is 2.12. The predicted octanol–water partition coefficient (Wildman–Crippen LogP) is 0.930. The second-order valence-electron chi connectivity index (χ2n) is 3.45. The lowest BCUT2D eigenvalue weighted by atomic mass is 10.2. The molecule has 0 aliphatic heterocycles. The molecule has 0 aromatic heterocycles. The Morgan fingerprint density at radius 3 is 2.90 bits per heavy atom. The molecule has 1 aromatic rings. The fraction of sp³-hybridized carbons (Fsp3) is 0.182. The summed E-state index contributed by atoms with van der Waals surface area (Å²) in [5, 5.41) is 12.5. The summed E-state index contributed by atoms with van der Waals surface area (Å²) in [6.45, 7) is -0.442. The van der Waals surface area contributed by atoms with Crippen LogP contribution in [0.15, 0.2) is 17.2 Å². The normalized spacial score (nSPS) is 10.3. The molecule has 4 N–H and O–H groups in total. The van der Waals surface area contributed by atoms with E-state index in [0.717, 1.165) is 5.56 Å². The van der Waals surface area contributed by atoms with Gasteiger partial charge in [0.1, 0.15) is 0 Å². The number of carboxylic acids is 1. The maximum absolute atomic E-state index is 10.5. The SMILES string of the molecule is COc1cc(C=NNC(N)=S)cc(I)c1OCC(=O)O.